The summed E-state index contributed by atoms with van der Waals surface area (Å²) in [5, 5.41) is 5.05. The molecule has 3 aromatic rings. The van der Waals surface area contributed by atoms with E-state index in [1.165, 1.54) is 18.4 Å². The molecule has 9 heteroatoms. The molecule has 166 valence electrons. The minimum atomic E-state index is -0.618. The number of anilines is 1. The Balaban J connectivity index is 1.66. The van der Waals surface area contributed by atoms with Crippen LogP contribution in [0.3, 0.4) is 0 Å². The number of ether oxygens (including phenoxy) is 2. The zero-order valence-corrected chi connectivity index (χ0v) is 18.6. The predicted octanol–water partition coefficient (Wildman–Crippen LogP) is 3.78. The number of methoxy groups -OCH3 is 1. The third-order valence-corrected chi connectivity index (χ3v) is 6.50. The average molecular weight is 454 g/mol. The van der Waals surface area contributed by atoms with Crippen LogP contribution in [0, 0.1) is 0 Å². The number of nitrogens with one attached hydrogen (secondary N) is 1. The average Bonchev–Trinajstić information content (AvgIpc) is 3.15. The van der Waals surface area contributed by atoms with Crippen molar-refractivity contribution in [3.63, 3.8) is 0 Å². The third kappa shape index (κ3) is 3.99. The zero-order valence-electron chi connectivity index (χ0n) is 17.8. The van der Waals surface area contributed by atoms with Gasteiger partial charge in [-0.05, 0) is 41.8 Å². The fourth-order valence-electron chi connectivity index (χ4n) is 3.86. The molecule has 2 aromatic carbocycles. The molecule has 32 heavy (non-hydrogen) atoms. The minimum Gasteiger partial charge on any atom is -0.496 e. The molecule has 8 nitrogen and oxygen atoms in total. The monoisotopic (exact) mass is 453 g/mol. The summed E-state index contributed by atoms with van der Waals surface area (Å²) in [4.78, 5) is 39.9. The van der Waals surface area contributed by atoms with Gasteiger partial charge in [-0.3, -0.25) is 9.59 Å². The fourth-order valence-corrected chi connectivity index (χ4v) is 5.12. The number of rotatable bonds is 5. The van der Waals surface area contributed by atoms with E-state index in [-0.39, 0.29) is 6.61 Å². The van der Waals surface area contributed by atoms with E-state index in [1.807, 2.05) is 24.3 Å². The summed E-state index contributed by atoms with van der Waals surface area (Å²) in [7, 11) is 1.50. The van der Waals surface area contributed by atoms with E-state index < -0.39 is 17.9 Å². The van der Waals surface area contributed by atoms with Gasteiger partial charge in [-0.2, -0.15) is 0 Å². The van der Waals surface area contributed by atoms with Crippen molar-refractivity contribution < 1.29 is 23.9 Å². The highest BCUT2D eigenvalue weighted by Gasteiger charge is 2.30. The van der Waals surface area contributed by atoms with Gasteiger partial charge in [-0.15, -0.1) is 11.3 Å². The highest BCUT2D eigenvalue weighted by Crippen LogP contribution is 2.38. The summed E-state index contributed by atoms with van der Waals surface area (Å²) in [6, 6.07) is 11.2. The molecule has 4 rings (SSSR count). The number of hydrogen-bond acceptors (Lipinski definition) is 6. The van der Waals surface area contributed by atoms with Gasteiger partial charge in [0.2, 0.25) is 0 Å². The number of nitrogens with two attached hydrogens (primary N) is 1. The van der Waals surface area contributed by atoms with Crippen molar-refractivity contribution in [3.8, 4) is 5.75 Å². The van der Waals surface area contributed by atoms with Gasteiger partial charge in [0.05, 0.1) is 31.4 Å². The van der Waals surface area contributed by atoms with E-state index in [9.17, 15) is 14.4 Å². The van der Waals surface area contributed by atoms with Crippen molar-refractivity contribution in [3.05, 3.63) is 58.0 Å². The molecule has 3 N–H and O–H groups in total. The van der Waals surface area contributed by atoms with Crippen molar-refractivity contribution >= 4 is 45.0 Å². The van der Waals surface area contributed by atoms with E-state index in [2.05, 4.69) is 5.32 Å². The Morgan fingerprint density at radius 1 is 1.19 bits per heavy atom. The van der Waals surface area contributed by atoms with Gasteiger partial charge in [0.1, 0.15) is 10.8 Å². The first-order valence-corrected chi connectivity index (χ1v) is 11.0. The Bertz CT molecular complexity index is 1220. The normalized spacial score (nSPS) is 12.9. The highest BCUT2D eigenvalue weighted by molar-refractivity contribution is 7.17. The molecular weight excluding hydrogens is 430 g/mol. The van der Waals surface area contributed by atoms with Crippen LogP contribution in [0.15, 0.2) is 36.4 Å². The van der Waals surface area contributed by atoms with Crippen molar-refractivity contribution in [2.24, 2.45) is 5.73 Å². The molecule has 1 aliphatic rings. The molecule has 0 fully saturated rings. The molecule has 0 unspecified atom stereocenters. The van der Waals surface area contributed by atoms with Gasteiger partial charge < -0.3 is 25.4 Å². The molecule has 0 spiro atoms. The van der Waals surface area contributed by atoms with Gasteiger partial charge in [0.15, 0.2) is 0 Å². The molecule has 0 saturated heterocycles. The Labute approximate surface area is 188 Å². The second-order valence-corrected chi connectivity index (χ2v) is 8.40. The summed E-state index contributed by atoms with van der Waals surface area (Å²) >= 11 is 1.25. The number of carbonyl (C=O) groups is 3. The summed E-state index contributed by atoms with van der Waals surface area (Å²) < 4.78 is 10.5. The SMILES string of the molecule is CCOC(=O)N1CCc2c(sc(NC(=O)c3cc4ccccc4cc3OC)c2C(N)=O)C1. The number of carbonyl (C=O) groups excluding carboxylic acids is 3. The van der Waals surface area contributed by atoms with Gasteiger partial charge >= 0.3 is 6.09 Å². The Morgan fingerprint density at radius 3 is 2.56 bits per heavy atom. The molecular formula is C23H23N3O5S. The zero-order chi connectivity index (χ0) is 22.8. The lowest BCUT2D eigenvalue weighted by Crippen LogP contribution is -2.36. The molecule has 2 heterocycles. The quantitative estimate of drug-likeness (QED) is 0.611. The molecule has 0 radical (unpaired) electrons. The van der Waals surface area contributed by atoms with Crippen LogP contribution in [0.2, 0.25) is 0 Å². The lowest BCUT2D eigenvalue weighted by atomic mass is 10.0. The smallest absolute Gasteiger partial charge is 0.410 e. The summed E-state index contributed by atoms with van der Waals surface area (Å²) in [5.41, 5.74) is 7.07. The predicted molar refractivity (Wildman–Crippen MR) is 122 cm³/mol. The highest BCUT2D eigenvalue weighted by atomic mass is 32.1. The van der Waals surface area contributed by atoms with Crippen molar-refractivity contribution in [1.82, 2.24) is 4.90 Å². The molecule has 0 aliphatic carbocycles. The maximum atomic E-state index is 13.2. The van der Waals surface area contributed by atoms with Crippen LogP contribution >= 0.6 is 11.3 Å². The minimum absolute atomic E-state index is 0.286. The first-order chi connectivity index (χ1) is 15.4. The first-order valence-electron chi connectivity index (χ1n) is 10.2. The Morgan fingerprint density at radius 2 is 1.91 bits per heavy atom. The number of hydrogen-bond donors (Lipinski definition) is 2. The van der Waals surface area contributed by atoms with Crippen molar-refractivity contribution in [2.75, 3.05) is 25.6 Å². The van der Waals surface area contributed by atoms with Gasteiger partial charge in [0.25, 0.3) is 11.8 Å². The van der Waals surface area contributed by atoms with Crippen molar-refractivity contribution in [1.29, 1.82) is 0 Å². The fraction of sp³-hybridized carbons (Fsp3) is 0.261. The largest absolute Gasteiger partial charge is 0.496 e. The van der Waals surface area contributed by atoms with Crippen molar-refractivity contribution in [2.45, 2.75) is 19.9 Å². The first kappa shape index (κ1) is 21.6. The van der Waals surface area contributed by atoms with E-state index in [1.54, 1.807) is 24.0 Å². The van der Waals surface area contributed by atoms with E-state index in [4.69, 9.17) is 15.2 Å². The van der Waals surface area contributed by atoms with Gasteiger partial charge in [-0.25, -0.2) is 4.79 Å². The number of nitrogens with zero attached hydrogens (tertiary/aromatic N) is 1. The van der Waals surface area contributed by atoms with E-state index in [0.717, 1.165) is 21.2 Å². The molecule has 1 aromatic heterocycles. The lowest BCUT2D eigenvalue weighted by Gasteiger charge is -2.26. The maximum absolute atomic E-state index is 13.2. The lowest BCUT2D eigenvalue weighted by molar-refractivity contribution is 0.0997. The summed E-state index contributed by atoms with van der Waals surface area (Å²) in [6.45, 7) is 2.75. The second-order valence-electron chi connectivity index (χ2n) is 7.30. The standard InChI is InChI=1S/C23H23N3O5S/c1-3-31-23(29)26-9-8-15-18(12-26)32-22(19(15)20(24)27)25-21(28)16-10-13-6-4-5-7-14(13)11-17(16)30-2/h4-7,10-11H,3,8-9,12H2,1-2H3,(H2,24,27)(H,25,28). The number of thiophene rings is 1. The van der Waals surface area contributed by atoms with E-state index in [0.29, 0.717) is 41.4 Å². The van der Waals surface area contributed by atoms with Crippen LogP contribution < -0.4 is 15.8 Å². The van der Waals surface area contributed by atoms with E-state index >= 15 is 0 Å². The molecule has 0 atom stereocenters. The molecule has 0 bridgehead atoms. The molecule has 3 amide bonds. The molecule has 0 saturated carbocycles. The van der Waals surface area contributed by atoms with Crippen LogP contribution in [0.5, 0.6) is 5.75 Å². The van der Waals surface area contributed by atoms with Gasteiger partial charge in [-0.1, -0.05) is 24.3 Å². The summed E-state index contributed by atoms with van der Waals surface area (Å²) in [5.74, 6) is -0.597. The number of amides is 3. The van der Waals surface area contributed by atoms with Crippen LogP contribution in [-0.2, 0) is 17.7 Å². The van der Waals surface area contributed by atoms with Crippen LogP contribution in [0.25, 0.3) is 10.8 Å². The topological polar surface area (TPSA) is 111 Å². The van der Waals surface area contributed by atoms with Crippen LogP contribution in [0.1, 0.15) is 38.1 Å². The van der Waals surface area contributed by atoms with Crippen LogP contribution in [-0.4, -0.2) is 43.1 Å². The summed E-state index contributed by atoms with van der Waals surface area (Å²) in [6.07, 6.45) is 0.0524. The number of fused-ring (bicyclic) bond motifs is 2. The number of benzene rings is 2. The third-order valence-electron chi connectivity index (χ3n) is 5.37. The van der Waals surface area contributed by atoms with Crippen LogP contribution in [0.4, 0.5) is 9.80 Å². The number of primary amides is 1. The Kier molecular flexibility index (Phi) is 6.00. The molecule has 1 aliphatic heterocycles. The van der Waals surface area contributed by atoms with Gasteiger partial charge in [0, 0.05) is 11.4 Å². The maximum Gasteiger partial charge on any atom is 0.410 e. The Hall–Kier alpha value is -3.59. The second kappa shape index (κ2) is 8.88.